The van der Waals surface area contributed by atoms with Crippen LogP contribution in [0.1, 0.15) is 54.1 Å². The number of anilines is 2. The molecule has 7 heteroatoms. The second kappa shape index (κ2) is 8.83. The molecular formula is C25H27Cl3N4. The quantitative estimate of drug-likeness (QED) is 0.469. The number of benzene rings is 2. The van der Waals surface area contributed by atoms with Gasteiger partial charge in [0.2, 0.25) is 0 Å². The van der Waals surface area contributed by atoms with Crippen molar-refractivity contribution in [3.63, 3.8) is 0 Å². The summed E-state index contributed by atoms with van der Waals surface area (Å²) in [4.78, 5) is 11.9. The fraction of sp³-hybridized carbons (Fsp3) is 0.360. The highest BCUT2D eigenvalue weighted by Crippen LogP contribution is 2.55. The van der Waals surface area contributed by atoms with Gasteiger partial charge in [0.15, 0.2) is 0 Å². The molecule has 0 saturated carbocycles. The van der Waals surface area contributed by atoms with E-state index in [-0.39, 0.29) is 36.3 Å². The van der Waals surface area contributed by atoms with E-state index in [4.69, 9.17) is 16.6 Å². The van der Waals surface area contributed by atoms with Gasteiger partial charge in [0.05, 0.1) is 0 Å². The fourth-order valence-electron chi connectivity index (χ4n) is 5.94. The lowest BCUT2D eigenvalue weighted by Crippen LogP contribution is -2.37. The Morgan fingerprint density at radius 2 is 1.91 bits per heavy atom. The van der Waals surface area contributed by atoms with Gasteiger partial charge in [0.1, 0.15) is 12.1 Å². The van der Waals surface area contributed by atoms with Crippen molar-refractivity contribution >= 4 is 47.9 Å². The summed E-state index contributed by atoms with van der Waals surface area (Å²) in [6, 6.07) is 17.5. The molecule has 0 unspecified atom stereocenters. The van der Waals surface area contributed by atoms with Crippen LogP contribution in [-0.4, -0.2) is 23.1 Å². The highest BCUT2D eigenvalue weighted by atomic mass is 35.5. The lowest BCUT2D eigenvalue weighted by molar-refractivity contribution is 0.404. The van der Waals surface area contributed by atoms with Gasteiger partial charge < -0.3 is 10.2 Å². The van der Waals surface area contributed by atoms with E-state index < -0.39 is 0 Å². The van der Waals surface area contributed by atoms with E-state index in [1.165, 1.54) is 28.1 Å². The van der Waals surface area contributed by atoms with Crippen LogP contribution in [0.15, 0.2) is 54.9 Å². The molecule has 3 heterocycles. The third-order valence-electron chi connectivity index (χ3n) is 7.34. The van der Waals surface area contributed by atoms with Gasteiger partial charge in [-0.25, -0.2) is 9.97 Å². The predicted octanol–water partition coefficient (Wildman–Crippen LogP) is 6.15. The molecule has 2 aromatic carbocycles. The van der Waals surface area contributed by atoms with Crippen LogP contribution in [0.4, 0.5) is 11.5 Å². The number of nitrogens with zero attached hydrogens (tertiary/aromatic N) is 3. The number of hydrogen-bond acceptors (Lipinski definition) is 4. The molecule has 1 aliphatic carbocycles. The van der Waals surface area contributed by atoms with Crippen LogP contribution in [0, 0.1) is 0 Å². The van der Waals surface area contributed by atoms with Gasteiger partial charge in [0, 0.05) is 40.0 Å². The van der Waals surface area contributed by atoms with Crippen molar-refractivity contribution in [3.8, 4) is 0 Å². The van der Waals surface area contributed by atoms with Crippen LogP contribution in [0.2, 0.25) is 5.02 Å². The molecule has 3 aliphatic rings. The molecule has 1 N–H and O–H groups in total. The molecule has 168 valence electrons. The zero-order chi connectivity index (χ0) is 20.3. The van der Waals surface area contributed by atoms with Crippen LogP contribution in [0.5, 0.6) is 0 Å². The summed E-state index contributed by atoms with van der Waals surface area (Å²) in [6.07, 6.45) is 5.03. The lowest BCUT2D eigenvalue weighted by atomic mass is 9.73. The van der Waals surface area contributed by atoms with Crippen molar-refractivity contribution in [1.82, 2.24) is 15.3 Å². The minimum absolute atomic E-state index is 0. The zero-order valence-electron chi connectivity index (χ0n) is 17.9. The highest BCUT2D eigenvalue weighted by Gasteiger charge is 2.52. The average Bonchev–Trinajstić information content (AvgIpc) is 3.46. The van der Waals surface area contributed by atoms with E-state index >= 15 is 0 Å². The normalized spacial score (nSPS) is 25.2. The maximum Gasteiger partial charge on any atom is 0.140 e. The van der Waals surface area contributed by atoms with Gasteiger partial charge in [-0.1, -0.05) is 48.9 Å². The zero-order valence-corrected chi connectivity index (χ0v) is 20.3. The van der Waals surface area contributed by atoms with E-state index in [1.54, 1.807) is 6.33 Å². The maximum absolute atomic E-state index is 6.52. The second-order valence-corrected chi connectivity index (χ2v) is 9.39. The summed E-state index contributed by atoms with van der Waals surface area (Å²) in [5.41, 5.74) is 6.44. The molecule has 32 heavy (non-hydrogen) atoms. The fourth-order valence-corrected chi connectivity index (χ4v) is 6.12. The van der Waals surface area contributed by atoms with Crippen molar-refractivity contribution in [2.24, 2.45) is 0 Å². The third-order valence-corrected chi connectivity index (χ3v) is 7.57. The topological polar surface area (TPSA) is 41.1 Å². The number of nitrogens with one attached hydrogen (secondary N) is 1. The minimum Gasteiger partial charge on any atom is -0.325 e. The molecule has 1 fully saturated rings. The van der Waals surface area contributed by atoms with Crippen LogP contribution < -0.4 is 10.2 Å². The number of fused-ring (bicyclic) bond motifs is 3. The Balaban J connectivity index is 0.00000122. The van der Waals surface area contributed by atoms with Crippen LogP contribution in [-0.2, 0) is 11.8 Å². The molecule has 4 nitrogen and oxygen atoms in total. The van der Waals surface area contributed by atoms with Crippen LogP contribution in [0.3, 0.4) is 0 Å². The Bertz CT molecular complexity index is 1120. The maximum atomic E-state index is 6.52. The number of aromatic nitrogens is 2. The van der Waals surface area contributed by atoms with Crippen molar-refractivity contribution in [3.05, 3.63) is 82.3 Å². The van der Waals surface area contributed by atoms with Crippen LogP contribution in [0.25, 0.3) is 0 Å². The second-order valence-electron chi connectivity index (χ2n) is 8.95. The molecule has 1 spiro atoms. The summed E-state index contributed by atoms with van der Waals surface area (Å²) < 4.78 is 0. The van der Waals surface area contributed by atoms with Gasteiger partial charge in [-0.3, -0.25) is 0 Å². The smallest absolute Gasteiger partial charge is 0.140 e. The number of halogens is 3. The Kier molecular flexibility index (Phi) is 6.43. The minimum atomic E-state index is -0.0265. The molecule has 1 saturated heterocycles. The first-order chi connectivity index (χ1) is 14.7. The first-order valence-electron chi connectivity index (χ1n) is 10.9. The first kappa shape index (κ1) is 23.3. The van der Waals surface area contributed by atoms with Gasteiger partial charge in [-0.15, -0.1) is 24.8 Å². The molecule has 6 rings (SSSR count). The number of hydrogen-bond donors (Lipinski definition) is 1. The van der Waals surface area contributed by atoms with Crippen LogP contribution >= 0.6 is 36.4 Å². The molecule has 2 aliphatic heterocycles. The van der Waals surface area contributed by atoms with Gasteiger partial charge in [-0.05, 0) is 61.1 Å². The number of rotatable bonds is 2. The van der Waals surface area contributed by atoms with Gasteiger partial charge in [0.25, 0.3) is 0 Å². The van der Waals surface area contributed by atoms with Crippen molar-refractivity contribution in [2.75, 3.05) is 18.0 Å². The van der Waals surface area contributed by atoms with Gasteiger partial charge in [-0.2, -0.15) is 0 Å². The van der Waals surface area contributed by atoms with E-state index in [0.717, 1.165) is 43.2 Å². The van der Waals surface area contributed by atoms with Crippen molar-refractivity contribution in [2.45, 2.75) is 43.6 Å². The molecule has 0 radical (unpaired) electrons. The summed E-state index contributed by atoms with van der Waals surface area (Å²) >= 11 is 6.52. The summed E-state index contributed by atoms with van der Waals surface area (Å²) in [6.45, 7) is 4.21. The molecule has 1 aromatic heterocycles. The Labute approximate surface area is 206 Å². The largest absolute Gasteiger partial charge is 0.325 e. The summed E-state index contributed by atoms with van der Waals surface area (Å²) in [7, 11) is 0. The standard InChI is InChI=1S/C25H25ClN4.2ClH/c1-16-7-9-20-22(16)24(29-15-28-20)30-14-25(19-13-18(26)8-10-21(19)30)11-12-27-23(25)17-5-3-2-4-6-17;;/h2-6,8,10,13,15-16,23,27H,7,9,11-12,14H2,1H3;2*1H/t16-,23+,25-;;/m1../s1. The third kappa shape index (κ3) is 3.40. The molecule has 3 aromatic rings. The Hall–Kier alpha value is -1.85. The average molecular weight is 490 g/mol. The first-order valence-corrected chi connectivity index (χ1v) is 11.2. The molecular weight excluding hydrogens is 463 g/mol. The summed E-state index contributed by atoms with van der Waals surface area (Å²) in [5, 5.41) is 4.60. The number of aryl methyl sites for hydroxylation is 1. The van der Waals surface area contributed by atoms with Gasteiger partial charge >= 0.3 is 0 Å². The molecule has 3 atom stereocenters. The molecule has 0 amide bonds. The Morgan fingerprint density at radius 1 is 1.09 bits per heavy atom. The summed E-state index contributed by atoms with van der Waals surface area (Å²) in [5.74, 6) is 1.58. The lowest BCUT2D eigenvalue weighted by Gasteiger charge is -2.33. The van der Waals surface area contributed by atoms with E-state index in [2.05, 4.69) is 64.6 Å². The SMILES string of the molecule is C[C@@H]1CCc2ncnc(N3C[C@]4(CCN[C@H]4c4ccccc4)c4cc(Cl)ccc43)c21.Cl.Cl. The van der Waals surface area contributed by atoms with E-state index in [1.807, 2.05) is 6.07 Å². The van der Waals surface area contributed by atoms with Crippen molar-refractivity contribution in [1.29, 1.82) is 0 Å². The molecule has 0 bridgehead atoms. The monoisotopic (exact) mass is 488 g/mol. The predicted molar refractivity (Wildman–Crippen MR) is 135 cm³/mol. The highest BCUT2D eigenvalue weighted by molar-refractivity contribution is 6.30. The van der Waals surface area contributed by atoms with E-state index in [9.17, 15) is 0 Å². The van der Waals surface area contributed by atoms with Crippen molar-refractivity contribution < 1.29 is 0 Å². The van der Waals surface area contributed by atoms with E-state index in [0.29, 0.717) is 5.92 Å². The Morgan fingerprint density at radius 3 is 2.72 bits per heavy atom.